The molecule has 0 fully saturated rings. The first-order chi connectivity index (χ1) is 23.2. The third kappa shape index (κ3) is 35.3. The highest BCUT2D eigenvalue weighted by molar-refractivity contribution is 7.46. The lowest BCUT2D eigenvalue weighted by atomic mass is 10.0. The van der Waals surface area contributed by atoms with Crippen molar-refractivity contribution in [2.75, 3.05) is 13.2 Å². The maximum absolute atomic E-state index is 12.3. The highest BCUT2D eigenvalue weighted by Gasteiger charge is 2.22. The van der Waals surface area contributed by atoms with Gasteiger partial charge in [0.15, 0.2) is 6.10 Å². The molecule has 0 heterocycles. The second-order valence-electron chi connectivity index (χ2n) is 12.4. The fourth-order valence-electron chi connectivity index (χ4n) is 4.86. The summed E-state index contributed by atoms with van der Waals surface area (Å²) in [5, 5.41) is 10.1. The minimum atomic E-state index is -4.78. The van der Waals surface area contributed by atoms with Gasteiger partial charge >= 0.3 is 19.8 Å². The van der Waals surface area contributed by atoms with Crippen LogP contribution in [0.1, 0.15) is 155 Å². The van der Waals surface area contributed by atoms with E-state index in [1.165, 1.54) is 70.6 Å². The van der Waals surface area contributed by atoms with Gasteiger partial charge in [-0.15, -0.1) is 0 Å². The Morgan fingerprint density at radius 1 is 0.646 bits per heavy atom. The summed E-state index contributed by atoms with van der Waals surface area (Å²) in [5.74, 6) is -1.02. The van der Waals surface area contributed by atoms with E-state index < -0.39 is 38.6 Å². The molecular formula is C38H67O9P. The number of esters is 2. The summed E-state index contributed by atoms with van der Waals surface area (Å²) in [6.07, 6.45) is 35.8. The Labute approximate surface area is 291 Å². The smallest absolute Gasteiger partial charge is 0.462 e. The Balaban J connectivity index is 4.17. The fraction of sp³-hybridized carbons (Fsp3) is 0.737. The number of carbonyl (C=O) groups excluding carboxylic acids is 2. The highest BCUT2D eigenvalue weighted by atomic mass is 31.2. The molecular weight excluding hydrogens is 631 g/mol. The van der Waals surface area contributed by atoms with Gasteiger partial charge in [0.1, 0.15) is 6.61 Å². The molecule has 0 amide bonds. The van der Waals surface area contributed by atoms with E-state index in [0.29, 0.717) is 25.7 Å². The molecule has 0 saturated carbocycles. The number of unbranched alkanes of at least 4 members (excludes halogenated alkanes) is 15. The third-order valence-corrected chi connectivity index (χ3v) is 8.17. The number of rotatable bonds is 33. The predicted molar refractivity (Wildman–Crippen MR) is 194 cm³/mol. The number of hydrogen-bond acceptors (Lipinski definition) is 7. The van der Waals surface area contributed by atoms with E-state index in [-0.39, 0.29) is 19.4 Å². The predicted octanol–water partition coefficient (Wildman–Crippen LogP) is 9.76. The average molecular weight is 699 g/mol. The van der Waals surface area contributed by atoms with Crippen LogP contribution in [0.15, 0.2) is 48.6 Å². The van der Waals surface area contributed by atoms with E-state index >= 15 is 0 Å². The van der Waals surface area contributed by atoms with E-state index in [1.807, 2.05) is 18.2 Å². The zero-order valence-corrected chi connectivity index (χ0v) is 30.9. The molecule has 1 unspecified atom stereocenters. The van der Waals surface area contributed by atoms with Crippen molar-refractivity contribution >= 4 is 19.8 Å². The van der Waals surface area contributed by atoms with E-state index in [4.69, 9.17) is 19.3 Å². The van der Waals surface area contributed by atoms with Crippen molar-refractivity contribution in [1.82, 2.24) is 0 Å². The lowest BCUT2D eigenvalue weighted by Crippen LogP contribution is -2.29. The largest absolute Gasteiger partial charge is 0.469 e. The zero-order chi connectivity index (χ0) is 35.6. The molecule has 0 spiro atoms. The van der Waals surface area contributed by atoms with Crippen molar-refractivity contribution in [3.05, 3.63) is 48.6 Å². The number of allylic oxidation sites excluding steroid dienone is 6. The van der Waals surface area contributed by atoms with Gasteiger partial charge in [-0.1, -0.05) is 146 Å². The molecule has 0 aliphatic carbocycles. The lowest BCUT2D eigenvalue weighted by Gasteiger charge is -2.18. The van der Waals surface area contributed by atoms with E-state index in [2.05, 4.69) is 36.6 Å². The monoisotopic (exact) mass is 698 g/mol. The Bertz CT molecular complexity index is 938. The van der Waals surface area contributed by atoms with Gasteiger partial charge in [0, 0.05) is 12.8 Å². The summed E-state index contributed by atoms with van der Waals surface area (Å²) in [4.78, 5) is 42.6. The molecule has 10 heteroatoms. The molecule has 0 aromatic carbocycles. The van der Waals surface area contributed by atoms with Crippen LogP contribution in [0.2, 0.25) is 0 Å². The van der Waals surface area contributed by atoms with Gasteiger partial charge < -0.3 is 24.4 Å². The van der Waals surface area contributed by atoms with Crippen molar-refractivity contribution in [1.29, 1.82) is 0 Å². The number of aliphatic hydroxyl groups is 1. The number of aliphatic hydroxyl groups excluding tert-OH is 1. The Morgan fingerprint density at radius 2 is 1.21 bits per heavy atom. The number of phosphoric acid groups is 1. The first kappa shape index (κ1) is 46.0. The third-order valence-electron chi connectivity index (χ3n) is 7.68. The Kier molecular flexibility index (Phi) is 32.1. The summed E-state index contributed by atoms with van der Waals surface area (Å²) < 4.78 is 26.2. The Morgan fingerprint density at radius 3 is 1.85 bits per heavy atom. The van der Waals surface area contributed by atoms with Crippen LogP contribution in [0.5, 0.6) is 0 Å². The molecule has 48 heavy (non-hydrogen) atoms. The molecule has 9 nitrogen and oxygen atoms in total. The molecule has 0 aliphatic rings. The highest BCUT2D eigenvalue weighted by Crippen LogP contribution is 2.36. The van der Waals surface area contributed by atoms with Gasteiger partial charge in [0.2, 0.25) is 0 Å². The van der Waals surface area contributed by atoms with Gasteiger partial charge in [-0.3, -0.25) is 14.1 Å². The molecule has 0 radical (unpaired) electrons. The fourth-order valence-corrected chi connectivity index (χ4v) is 5.22. The zero-order valence-electron chi connectivity index (χ0n) is 30.0. The van der Waals surface area contributed by atoms with Crippen LogP contribution < -0.4 is 0 Å². The summed E-state index contributed by atoms with van der Waals surface area (Å²) in [5.41, 5.74) is 0. The summed E-state index contributed by atoms with van der Waals surface area (Å²) in [6, 6.07) is 0. The minimum Gasteiger partial charge on any atom is -0.462 e. The summed E-state index contributed by atoms with van der Waals surface area (Å²) in [6.45, 7) is 3.50. The maximum atomic E-state index is 12.3. The minimum absolute atomic E-state index is 0.132. The van der Waals surface area contributed by atoms with Crippen molar-refractivity contribution in [3.8, 4) is 0 Å². The molecule has 0 aliphatic heterocycles. The van der Waals surface area contributed by atoms with E-state index in [1.54, 1.807) is 12.2 Å². The lowest BCUT2D eigenvalue weighted by molar-refractivity contribution is -0.161. The molecule has 0 aromatic heterocycles. The van der Waals surface area contributed by atoms with Crippen LogP contribution in [-0.4, -0.2) is 52.3 Å². The number of carbonyl (C=O) groups is 2. The summed E-state index contributed by atoms with van der Waals surface area (Å²) >= 11 is 0. The Hall–Kier alpha value is -2.03. The van der Waals surface area contributed by atoms with Crippen LogP contribution >= 0.6 is 7.82 Å². The quantitative estimate of drug-likeness (QED) is 0.0201. The van der Waals surface area contributed by atoms with Crippen molar-refractivity contribution in [3.63, 3.8) is 0 Å². The van der Waals surface area contributed by atoms with Crippen LogP contribution in [0.4, 0.5) is 0 Å². The molecule has 3 N–H and O–H groups in total. The normalized spacial score (nSPS) is 13.7. The first-order valence-corrected chi connectivity index (χ1v) is 20.1. The number of phosphoric ester groups is 1. The SMILES string of the molecule is CCCCC/C=C\C/C=C\CC(O)/C=C\C=C\CCCC(=O)OC[C@H](COP(=O)(O)O)OC(=O)CCCCCCCCCCCCCC. The topological polar surface area (TPSA) is 140 Å². The average Bonchev–Trinajstić information content (AvgIpc) is 3.04. The van der Waals surface area contributed by atoms with Gasteiger partial charge in [-0.05, 0) is 44.9 Å². The van der Waals surface area contributed by atoms with Crippen LogP contribution in [0, 0.1) is 0 Å². The molecule has 0 aromatic rings. The standard InChI is InChI=1S/C38H67O9P/c1-3-5-7-9-11-13-14-15-17-19-23-28-32-38(41)47-36(34-46-48(42,43)44)33-45-37(40)31-27-24-20-22-26-30-35(39)29-25-21-18-16-12-10-8-6-4-2/h12,16,20-22,25-26,30,35-36,39H,3-11,13-15,17-19,23-24,27-29,31-34H2,1-2H3,(H2,42,43,44)/b16-12-,22-20+,25-21-,30-26-/t35?,36-/m1/s1. The molecule has 0 rings (SSSR count). The second-order valence-corrected chi connectivity index (χ2v) is 13.6. The summed E-state index contributed by atoms with van der Waals surface area (Å²) in [7, 11) is -4.78. The van der Waals surface area contributed by atoms with Crippen LogP contribution in [0.25, 0.3) is 0 Å². The maximum Gasteiger partial charge on any atom is 0.469 e. The molecule has 2 atom stereocenters. The van der Waals surface area contributed by atoms with Gasteiger partial charge in [0.25, 0.3) is 0 Å². The van der Waals surface area contributed by atoms with Crippen LogP contribution in [0.3, 0.4) is 0 Å². The number of ether oxygens (including phenoxy) is 2. The second kappa shape index (κ2) is 33.5. The molecule has 0 saturated heterocycles. The van der Waals surface area contributed by atoms with Crippen molar-refractivity contribution in [2.24, 2.45) is 0 Å². The van der Waals surface area contributed by atoms with Crippen molar-refractivity contribution in [2.45, 2.75) is 167 Å². The van der Waals surface area contributed by atoms with Crippen LogP contribution in [-0.2, 0) is 28.2 Å². The first-order valence-electron chi connectivity index (χ1n) is 18.5. The molecule has 278 valence electrons. The van der Waals surface area contributed by atoms with Gasteiger partial charge in [0.05, 0.1) is 12.7 Å². The molecule has 0 bridgehead atoms. The van der Waals surface area contributed by atoms with Crippen molar-refractivity contribution < 1.29 is 43.0 Å². The van der Waals surface area contributed by atoms with E-state index in [0.717, 1.165) is 32.1 Å². The van der Waals surface area contributed by atoms with E-state index in [9.17, 15) is 19.3 Å². The van der Waals surface area contributed by atoms with Gasteiger partial charge in [-0.2, -0.15) is 0 Å². The number of hydrogen-bond donors (Lipinski definition) is 3. The van der Waals surface area contributed by atoms with Gasteiger partial charge in [-0.25, -0.2) is 4.57 Å².